The highest BCUT2D eigenvalue weighted by Crippen LogP contribution is 2.20. The van der Waals surface area contributed by atoms with E-state index >= 15 is 0 Å². The standard InChI is InChI=1S/C18H16ClN3O2S/c1-12-5-6-13(19)8-15(12)21-17(23)11-25-10-14-9-18(24)22-7-3-2-4-16(22)20-14/h2-9H,10-11H2,1H3,(H,21,23). The normalized spacial score (nSPS) is 10.8. The third kappa shape index (κ3) is 4.41. The molecule has 2 aromatic heterocycles. The summed E-state index contributed by atoms with van der Waals surface area (Å²) < 4.78 is 1.49. The second kappa shape index (κ2) is 7.72. The Hall–Kier alpha value is -2.31. The number of nitrogens with one attached hydrogen (secondary N) is 1. The van der Waals surface area contributed by atoms with Crippen molar-refractivity contribution in [1.82, 2.24) is 9.38 Å². The van der Waals surface area contributed by atoms with Crippen molar-refractivity contribution in [2.24, 2.45) is 0 Å². The lowest BCUT2D eigenvalue weighted by Crippen LogP contribution is -2.16. The Bertz CT molecular complexity index is 987. The molecule has 128 valence electrons. The maximum atomic E-state index is 12.1. The largest absolute Gasteiger partial charge is 0.325 e. The highest BCUT2D eigenvalue weighted by molar-refractivity contribution is 7.99. The number of thioether (sulfide) groups is 1. The molecule has 3 rings (SSSR count). The molecular formula is C18H16ClN3O2S. The van der Waals surface area contributed by atoms with E-state index in [1.807, 2.05) is 19.1 Å². The quantitative estimate of drug-likeness (QED) is 0.743. The zero-order chi connectivity index (χ0) is 17.8. The molecule has 0 unspecified atom stereocenters. The fourth-order valence-electron chi connectivity index (χ4n) is 2.34. The Balaban J connectivity index is 1.60. The fraction of sp³-hybridized carbons (Fsp3) is 0.167. The van der Waals surface area contributed by atoms with Crippen LogP contribution >= 0.6 is 23.4 Å². The number of anilines is 1. The molecule has 0 spiro atoms. The number of aryl methyl sites for hydroxylation is 1. The minimum absolute atomic E-state index is 0.118. The summed E-state index contributed by atoms with van der Waals surface area (Å²) in [5.41, 5.74) is 2.80. The van der Waals surface area contributed by atoms with Gasteiger partial charge < -0.3 is 5.32 Å². The molecule has 1 N–H and O–H groups in total. The van der Waals surface area contributed by atoms with Crippen LogP contribution in [0.3, 0.4) is 0 Å². The van der Waals surface area contributed by atoms with E-state index in [0.29, 0.717) is 27.8 Å². The van der Waals surface area contributed by atoms with Gasteiger partial charge in [-0.15, -0.1) is 11.8 Å². The third-order valence-electron chi connectivity index (χ3n) is 3.58. The smallest absolute Gasteiger partial charge is 0.258 e. The van der Waals surface area contributed by atoms with Crippen LogP contribution in [0.2, 0.25) is 5.02 Å². The maximum absolute atomic E-state index is 12.1. The van der Waals surface area contributed by atoms with E-state index in [0.717, 1.165) is 5.56 Å². The van der Waals surface area contributed by atoms with Crippen LogP contribution in [-0.2, 0) is 10.5 Å². The summed E-state index contributed by atoms with van der Waals surface area (Å²) in [4.78, 5) is 28.5. The van der Waals surface area contributed by atoms with Gasteiger partial charge in [-0.1, -0.05) is 23.7 Å². The summed E-state index contributed by atoms with van der Waals surface area (Å²) >= 11 is 7.36. The van der Waals surface area contributed by atoms with Crippen LogP contribution in [0.4, 0.5) is 5.69 Å². The number of carbonyl (C=O) groups excluding carboxylic acids is 1. The number of halogens is 1. The van der Waals surface area contributed by atoms with Crippen molar-refractivity contribution < 1.29 is 4.79 Å². The number of rotatable bonds is 5. The van der Waals surface area contributed by atoms with Gasteiger partial charge in [-0.3, -0.25) is 14.0 Å². The number of fused-ring (bicyclic) bond motifs is 1. The Labute approximate surface area is 154 Å². The predicted molar refractivity (Wildman–Crippen MR) is 102 cm³/mol. The van der Waals surface area contributed by atoms with Gasteiger partial charge in [0.25, 0.3) is 5.56 Å². The lowest BCUT2D eigenvalue weighted by Gasteiger charge is -2.09. The van der Waals surface area contributed by atoms with Gasteiger partial charge in [-0.05, 0) is 36.8 Å². The Kier molecular flexibility index (Phi) is 5.40. The van der Waals surface area contributed by atoms with E-state index in [-0.39, 0.29) is 17.2 Å². The van der Waals surface area contributed by atoms with E-state index < -0.39 is 0 Å². The van der Waals surface area contributed by atoms with Crippen LogP contribution < -0.4 is 10.9 Å². The Morgan fingerprint density at radius 3 is 2.96 bits per heavy atom. The third-order valence-corrected chi connectivity index (χ3v) is 4.78. The van der Waals surface area contributed by atoms with Gasteiger partial charge in [0.15, 0.2) is 0 Å². The van der Waals surface area contributed by atoms with Crippen molar-refractivity contribution in [2.45, 2.75) is 12.7 Å². The monoisotopic (exact) mass is 373 g/mol. The molecule has 1 amide bonds. The van der Waals surface area contributed by atoms with Crippen LogP contribution in [0.15, 0.2) is 53.5 Å². The average molecular weight is 374 g/mol. The maximum Gasteiger partial charge on any atom is 0.258 e. The molecule has 3 aromatic rings. The minimum Gasteiger partial charge on any atom is -0.325 e. The number of nitrogens with zero attached hydrogens (tertiary/aromatic N) is 2. The number of aromatic nitrogens is 2. The summed E-state index contributed by atoms with van der Waals surface area (Å²) in [5.74, 6) is 0.637. The number of benzene rings is 1. The topological polar surface area (TPSA) is 63.5 Å². The average Bonchev–Trinajstić information content (AvgIpc) is 2.58. The molecule has 0 aliphatic carbocycles. The second-order valence-electron chi connectivity index (χ2n) is 5.51. The molecule has 0 aliphatic heterocycles. The number of hydrogen-bond donors (Lipinski definition) is 1. The molecular weight excluding hydrogens is 358 g/mol. The van der Waals surface area contributed by atoms with Crippen molar-refractivity contribution in [3.63, 3.8) is 0 Å². The number of hydrogen-bond acceptors (Lipinski definition) is 4. The van der Waals surface area contributed by atoms with Gasteiger partial charge in [-0.2, -0.15) is 0 Å². The first kappa shape index (κ1) is 17.5. The lowest BCUT2D eigenvalue weighted by molar-refractivity contribution is -0.113. The highest BCUT2D eigenvalue weighted by atomic mass is 35.5. The summed E-state index contributed by atoms with van der Waals surface area (Å²) in [7, 11) is 0. The molecule has 5 nitrogen and oxygen atoms in total. The lowest BCUT2D eigenvalue weighted by atomic mass is 10.2. The molecule has 0 aliphatic rings. The van der Waals surface area contributed by atoms with Crippen LogP contribution in [0.1, 0.15) is 11.3 Å². The molecule has 2 heterocycles. The first-order valence-electron chi connectivity index (χ1n) is 7.64. The van der Waals surface area contributed by atoms with Crippen molar-refractivity contribution in [1.29, 1.82) is 0 Å². The van der Waals surface area contributed by atoms with Gasteiger partial charge in [0, 0.05) is 28.7 Å². The Morgan fingerprint density at radius 1 is 1.28 bits per heavy atom. The highest BCUT2D eigenvalue weighted by Gasteiger charge is 2.07. The molecule has 0 atom stereocenters. The molecule has 0 bridgehead atoms. The summed E-state index contributed by atoms with van der Waals surface area (Å²) in [6, 6.07) is 12.3. The van der Waals surface area contributed by atoms with Gasteiger partial charge in [-0.25, -0.2) is 4.98 Å². The van der Waals surface area contributed by atoms with Gasteiger partial charge in [0.1, 0.15) is 5.65 Å². The summed E-state index contributed by atoms with van der Waals surface area (Å²) in [6.07, 6.45) is 1.68. The number of carbonyl (C=O) groups is 1. The van der Waals surface area contributed by atoms with E-state index in [2.05, 4.69) is 10.3 Å². The van der Waals surface area contributed by atoms with Crippen LogP contribution in [0.25, 0.3) is 5.65 Å². The van der Waals surface area contributed by atoms with E-state index in [1.165, 1.54) is 22.2 Å². The molecule has 1 aromatic carbocycles. The fourth-order valence-corrected chi connectivity index (χ4v) is 3.23. The zero-order valence-electron chi connectivity index (χ0n) is 13.5. The number of pyridine rings is 1. The Morgan fingerprint density at radius 2 is 2.12 bits per heavy atom. The summed E-state index contributed by atoms with van der Waals surface area (Å²) in [5, 5.41) is 3.43. The molecule has 0 saturated carbocycles. The predicted octanol–water partition coefficient (Wildman–Crippen LogP) is 3.53. The van der Waals surface area contributed by atoms with Crippen molar-refractivity contribution >= 4 is 40.6 Å². The van der Waals surface area contributed by atoms with Crippen LogP contribution in [0, 0.1) is 6.92 Å². The molecule has 25 heavy (non-hydrogen) atoms. The van der Waals surface area contributed by atoms with Gasteiger partial charge in [0.05, 0.1) is 11.4 Å². The van der Waals surface area contributed by atoms with Crippen molar-refractivity contribution in [3.8, 4) is 0 Å². The number of amides is 1. The zero-order valence-corrected chi connectivity index (χ0v) is 15.1. The van der Waals surface area contributed by atoms with Gasteiger partial charge in [0.2, 0.25) is 5.91 Å². The summed E-state index contributed by atoms with van der Waals surface area (Å²) in [6.45, 7) is 1.91. The van der Waals surface area contributed by atoms with Crippen molar-refractivity contribution in [3.05, 3.63) is 75.3 Å². The first-order chi connectivity index (χ1) is 12.0. The first-order valence-corrected chi connectivity index (χ1v) is 9.17. The SMILES string of the molecule is Cc1ccc(Cl)cc1NC(=O)CSCc1cc(=O)n2ccccc2n1. The molecule has 0 radical (unpaired) electrons. The van der Waals surface area contributed by atoms with Crippen LogP contribution in [-0.4, -0.2) is 21.0 Å². The van der Waals surface area contributed by atoms with Crippen molar-refractivity contribution in [2.75, 3.05) is 11.1 Å². The molecule has 7 heteroatoms. The molecule has 0 saturated heterocycles. The van der Waals surface area contributed by atoms with Crippen LogP contribution in [0.5, 0.6) is 0 Å². The minimum atomic E-state index is -0.125. The van der Waals surface area contributed by atoms with Gasteiger partial charge >= 0.3 is 0 Å². The van der Waals surface area contributed by atoms with E-state index in [1.54, 1.807) is 30.5 Å². The van der Waals surface area contributed by atoms with E-state index in [9.17, 15) is 9.59 Å². The molecule has 0 fully saturated rings. The second-order valence-corrected chi connectivity index (χ2v) is 6.94. The van der Waals surface area contributed by atoms with E-state index in [4.69, 9.17) is 11.6 Å².